The lowest BCUT2D eigenvalue weighted by atomic mass is 10.1. The van der Waals surface area contributed by atoms with E-state index in [1.165, 1.54) is 29.6 Å². The summed E-state index contributed by atoms with van der Waals surface area (Å²) in [5.74, 6) is -2.00. The molecule has 1 heterocycles. The van der Waals surface area contributed by atoms with E-state index < -0.39 is 22.5 Å². The van der Waals surface area contributed by atoms with Gasteiger partial charge in [0.05, 0.1) is 10.5 Å². The van der Waals surface area contributed by atoms with Crippen LogP contribution in [-0.2, 0) is 0 Å². The van der Waals surface area contributed by atoms with Gasteiger partial charge in [0.2, 0.25) is 0 Å². The van der Waals surface area contributed by atoms with Crippen LogP contribution in [0.4, 0.5) is 10.7 Å². The fourth-order valence-corrected chi connectivity index (χ4v) is 2.65. The maximum Gasteiger partial charge on any atom is 0.338 e. The third kappa shape index (κ3) is 3.01. The first-order valence-corrected chi connectivity index (χ1v) is 6.72. The number of anilines is 1. The van der Waals surface area contributed by atoms with Crippen molar-refractivity contribution < 1.29 is 19.6 Å². The van der Waals surface area contributed by atoms with Gasteiger partial charge in [-0.1, -0.05) is 17.7 Å². The molecule has 0 unspecified atom stereocenters. The van der Waals surface area contributed by atoms with E-state index in [1.54, 1.807) is 0 Å². The van der Waals surface area contributed by atoms with Gasteiger partial charge in [0.1, 0.15) is 15.6 Å². The van der Waals surface area contributed by atoms with Crippen molar-refractivity contribution in [2.75, 3.05) is 5.32 Å². The molecule has 0 aliphatic rings. The zero-order valence-electron chi connectivity index (χ0n) is 10.2. The van der Waals surface area contributed by atoms with Crippen molar-refractivity contribution >= 4 is 45.5 Å². The van der Waals surface area contributed by atoms with Crippen molar-refractivity contribution in [1.82, 2.24) is 0 Å². The minimum absolute atomic E-state index is 0.0852. The predicted octanol–water partition coefficient (Wildman–Crippen LogP) is 3.26. The lowest BCUT2D eigenvalue weighted by Gasteiger charge is -2.05. The average Bonchev–Trinajstić information content (AvgIpc) is 2.86. The molecule has 0 aliphatic carbocycles. The van der Waals surface area contributed by atoms with Crippen molar-refractivity contribution in [3.63, 3.8) is 0 Å². The molecule has 0 spiro atoms. The molecule has 1 amide bonds. The zero-order valence-corrected chi connectivity index (χ0v) is 11.8. The number of nitro benzene ring substituents is 1. The fraction of sp³-hybridized carbons (Fsp3) is 0. The Morgan fingerprint density at radius 2 is 2.00 bits per heavy atom. The third-order valence-corrected chi connectivity index (χ3v) is 3.67. The van der Waals surface area contributed by atoms with Crippen molar-refractivity contribution in [1.29, 1.82) is 0 Å². The van der Waals surface area contributed by atoms with Crippen molar-refractivity contribution in [2.45, 2.75) is 0 Å². The monoisotopic (exact) mass is 326 g/mol. The Bertz CT molecular complexity index is 743. The van der Waals surface area contributed by atoms with Crippen molar-refractivity contribution in [3.8, 4) is 0 Å². The van der Waals surface area contributed by atoms with Crippen LogP contribution in [0.5, 0.6) is 0 Å². The van der Waals surface area contributed by atoms with Crippen molar-refractivity contribution in [3.05, 3.63) is 55.9 Å². The number of rotatable bonds is 4. The van der Waals surface area contributed by atoms with Crippen LogP contribution < -0.4 is 5.32 Å². The number of halogens is 1. The summed E-state index contributed by atoms with van der Waals surface area (Å²) < 4.78 is 0. The van der Waals surface area contributed by atoms with Crippen LogP contribution in [0, 0.1) is 10.1 Å². The summed E-state index contributed by atoms with van der Waals surface area (Å²) >= 11 is 6.72. The largest absolute Gasteiger partial charge is 0.478 e. The molecule has 9 heteroatoms. The topological polar surface area (TPSA) is 110 Å². The van der Waals surface area contributed by atoms with Gasteiger partial charge in [-0.3, -0.25) is 14.9 Å². The van der Waals surface area contributed by atoms with Crippen LogP contribution in [-0.4, -0.2) is 21.9 Å². The van der Waals surface area contributed by atoms with Crippen LogP contribution in [0.25, 0.3) is 0 Å². The number of aromatic carboxylic acids is 1. The molecule has 0 atom stereocenters. The molecule has 0 fully saturated rings. The molecule has 2 aromatic rings. The summed E-state index contributed by atoms with van der Waals surface area (Å²) in [6, 6.07) is 5.27. The second-order valence-electron chi connectivity index (χ2n) is 3.82. The van der Waals surface area contributed by atoms with Gasteiger partial charge in [0.15, 0.2) is 0 Å². The standard InChI is InChI=1S/C12H7ClN2O5S/c13-8-3-1-2-6(9(8)15(19)20)10(16)14-11-7(12(17)18)4-5-21-11/h1-5H,(H,14,16)(H,17,18). The Balaban J connectivity index is 2.38. The molecule has 21 heavy (non-hydrogen) atoms. The van der Waals surface area contributed by atoms with E-state index in [2.05, 4.69) is 5.32 Å². The average molecular weight is 327 g/mol. The van der Waals surface area contributed by atoms with E-state index in [0.29, 0.717) is 0 Å². The highest BCUT2D eigenvalue weighted by Gasteiger charge is 2.25. The summed E-state index contributed by atoms with van der Waals surface area (Å²) in [7, 11) is 0. The highest BCUT2D eigenvalue weighted by molar-refractivity contribution is 7.14. The molecule has 7 nitrogen and oxygen atoms in total. The van der Waals surface area contributed by atoms with Gasteiger partial charge in [-0.15, -0.1) is 11.3 Å². The zero-order chi connectivity index (χ0) is 15.6. The molecule has 1 aromatic heterocycles. The molecule has 2 rings (SSSR count). The Kier molecular flexibility index (Phi) is 4.20. The Morgan fingerprint density at radius 1 is 1.29 bits per heavy atom. The van der Waals surface area contributed by atoms with E-state index in [4.69, 9.17) is 16.7 Å². The molecular weight excluding hydrogens is 320 g/mol. The molecule has 0 radical (unpaired) electrons. The number of carboxylic acids is 1. The van der Waals surface area contributed by atoms with Crippen LogP contribution in [0.1, 0.15) is 20.7 Å². The minimum Gasteiger partial charge on any atom is -0.478 e. The lowest BCUT2D eigenvalue weighted by Crippen LogP contribution is -2.15. The predicted molar refractivity (Wildman–Crippen MR) is 77.3 cm³/mol. The summed E-state index contributed by atoms with van der Waals surface area (Å²) in [6.45, 7) is 0. The second-order valence-corrected chi connectivity index (χ2v) is 5.14. The fourth-order valence-electron chi connectivity index (χ4n) is 1.63. The van der Waals surface area contributed by atoms with Crippen LogP contribution in [0.2, 0.25) is 5.02 Å². The Hall–Kier alpha value is -2.45. The number of nitro groups is 1. The van der Waals surface area contributed by atoms with Gasteiger partial charge in [-0.05, 0) is 23.6 Å². The second kappa shape index (κ2) is 5.90. The Labute approximate surface area is 126 Å². The summed E-state index contributed by atoms with van der Waals surface area (Å²) in [5.41, 5.74) is -0.847. The summed E-state index contributed by atoms with van der Waals surface area (Å²) in [4.78, 5) is 33.3. The Morgan fingerprint density at radius 3 is 2.62 bits per heavy atom. The number of thiophene rings is 1. The number of hydrogen-bond donors (Lipinski definition) is 2. The maximum atomic E-state index is 12.1. The van der Waals surface area contributed by atoms with Gasteiger partial charge in [0, 0.05) is 0 Å². The number of para-hydroxylation sites is 1. The molecule has 0 saturated heterocycles. The highest BCUT2D eigenvalue weighted by Crippen LogP contribution is 2.30. The first-order valence-electron chi connectivity index (χ1n) is 5.47. The van der Waals surface area contributed by atoms with E-state index in [9.17, 15) is 19.7 Å². The van der Waals surface area contributed by atoms with E-state index in [-0.39, 0.29) is 21.2 Å². The van der Waals surface area contributed by atoms with Gasteiger partial charge < -0.3 is 10.4 Å². The van der Waals surface area contributed by atoms with Gasteiger partial charge in [-0.2, -0.15) is 0 Å². The number of nitrogens with one attached hydrogen (secondary N) is 1. The van der Waals surface area contributed by atoms with Crippen LogP contribution in [0.15, 0.2) is 29.6 Å². The molecule has 2 N–H and O–H groups in total. The lowest BCUT2D eigenvalue weighted by molar-refractivity contribution is -0.385. The van der Waals surface area contributed by atoms with Gasteiger partial charge in [0.25, 0.3) is 5.91 Å². The summed E-state index contributed by atoms with van der Waals surface area (Å²) in [5, 5.41) is 23.7. The third-order valence-electron chi connectivity index (χ3n) is 2.54. The number of hydrogen-bond acceptors (Lipinski definition) is 5. The normalized spacial score (nSPS) is 10.1. The molecule has 0 bridgehead atoms. The van der Waals surface area contributed by atoms with Crippen LogP contribution in [0.3, 0.4) is 0 Å². The van der Waals surface area contributed by atoms with Gasteiger partial charge in [-0.25, -0.2) is 4.79 Å². The quantitative estimate of drug-likeness (QED) is 0.662. The first-order chi connectivity index (χ1) is 9.91. The van der Waals surface area contributed by atoms with Gasteiger partial charge >= 0.3 is 11.7 Å². The van der Waals surface area contributed by atoms with E-state index in [1.807, 2.05) is 0 Å². The number of carbonyl (C=O) groups is 2. The molecule has 0 aliphatic heterocycles. The number of carboxylic acid groups (broad SMARTS) is 1. The molecule has 108 valence electrons. The molecular formula is C12H7ClN2O5S. The number of carbonyl (C=O) groups excluding carboxylic acids is 1. The number of nitrogens with zero attached hydrogens (tertiary/aromatic N) is 1. The maximum absolute atomic E-state index is 12.1. The number of amides is 1. The van der Waals surface area contributed by atoms with E-state index in [0.717, 1.165) is 11.3 Å². The van der Waals surface area contributed by atoms with Crippen LogP contribution >= 0.6 is 22.9 Å². The highest BCUT2D eigenvalue weighted by atomic mass is 35.5. The first kappa shape index (κ1) is 14.9. The molecule has 1 aromatic carbocycles. The summed E-state index contributed by atoms with van der Waals surface area (Å²) in [6.07, 6.45) is 0. The minimum atomic E-state index is -1.20. The van der Waals surface area contributed by atoms with Crippen molar-refractivity contribution in [2.24, 2.45) is 0 Å². The number of benzene rings is 1. The van der Waals surface area contributed by atoms with E-state index >= 15 is 0 Å². The smallest absolute Gasteiger partial charge is 0.338 e. The SMILES string of the molecule is O=C(O)c1ccsc1NC(=O)c1cccc(Cl)c1[N+](=O)[O-]. The molecule has 0 saturated carbocycles.